The monoisotopic (exact) mass is 246 g/mol. The lowest BCUT2D eigenvalue weighted by molar-refractivity contribution is 0.278. The normalized spacial score (nSPS) is 12.6. The molecule has 0 spiro atoms. The maximum Gasteiger partial charge on any atom is 0.0171 e. The Labute approximate surface area is 111 Å². The van der Waals surface area contributed by atoms with Gasteiger partial charge in [0.15, 0.2) is 0 Å². The number of nitrogens with zero attached hydrogens (tertiary/aromatic N) is 1. The lowest BCUT2D eigenvalue weighted by Crippen LogP contribution is -2.38. The molecule has 100 valence electrons. The van der Waals surface area contributed by atoms with Crippen LogP contribution in [0.25, 0.3) is 0 Å². The molecule has 0 radical (unpaired) electrons. The van der Waals surface area contributed by atoms with Crippen molar-refractivity contribution in [2.45, 2.75) is 32.2 Å². The fourth-order valence-electron chi connectivity index (χ4n) is 2.18. The highest BCUT2D eigenvalue weighted by molar-refractivity contribution is 5.14. The van der Waals surface area contributed by atoms with Gasteiger partial charge in [-0.15, -0.1) is 6.58 Å². The summed E-state index contributed by atoms with van der Waals surface area (Å²) in [4.78, 5) is 2.38. The molecule has 2 nitrogen and oxygen atoms in total. The number of aryl methyl sites for hydroxylation is 1. The zero-order valence-electron chi connectivity index (χ0n) is 11.5. The van der Waals surface area contributed by atoms with Crippen LogP contribution in [0.4, 0.5) is 0 Å². The second kappa shape index (κ2) is 8.90. The van der Waals surface area contributed by atoms with E-state index in [-0.39, 0.29) is 6.04 Å². The highest BCUT2D eigenvalue weighted by Crippen LogP contribution is 2.05. The minimum absolute atomic E-state index is 0.247. The first-order valence-electron chi connectivity index (χ1n) is 6.89. The van der Waals surface area contributed by atoms with Crippen LogP contribution in [0, 0.1) is 0 Å². The Morgan fingerprint density at radius 3 is 2.67 bits per heavy atom. The zero-order chi connectivity index (χ0) is 13.2. The molecule has 2 N–H and O–H groups in total. The summed E-state index contributed by atoms with van der Waals surface area (Å²) in [5.74, 6) is 0. The Balaban J connectivity index is 2.31. The number of hydrogen-bond donors (Lipinski definition) is 1. The summed E-state index contributed by atoms with van der Waals surface area (Å²) in [7, 11) is 0. The largest absolute Gasteiger partial charge is 0.327 e. The molecule has 0 aliphatic carbocycles. The van der Waals surface area contributed by atoms with Gasteiger partial charge in [-0.25, -0.2) is 0 Å². The summed E-state index contributed by atoms with van der Waals surface area (Å²) in [6, 6.07) is 10.8. The molecule has 1 aromatic rings. The average molecular weight is 246 g/mol. The number of nitrogens with two attached hydrogens (primary N) is 1. The first-order valence-corrected chi connectivity index (χ1v) is 6.89. The van der Waals surface area contributed by atoms with Gasteiger partial charge in [0.2, 0.25) is 0 Å². The molecule has 1 rings (SSSR count). The van der Waals surface area contributed by atoms with E-state index in [2.05, 4.69) is 48.7 Å². The highest BCUT2D eigenvalue weighted by Gasteiger charge is 2.08. The zero-order valence-corrected chi connectivity index (χ0v) is 11.5. The van der Waals surface area contributed by atoms with E-state index in [0.717, 1.165) is 32.5 Å². The second-order valence-electron chi connectivity index (χ2n) is 4.83. The summed E-state index contributed by atoms with van der Waals surface area (Å²) >= 11 is 0. The molecular weight excluding hydrogens is 220 g/mol. The first kappa shape index (κ1) is 14.9. The Kier molecular flexibility index (Phi) is 7.38. The van der Waals surface area contributed by atoms with Crippen molar-refractivity contribution in [1.82, 2.24) is 4.90 Å². The smallest absolute Gasteiger partial charge is 0.0171 e. The van der Waals surface area contributed by atoms with Crippen molar-refractivity contribution >= 4 is 0 Å². The van der Waals surface area contributed by atoms with Gasteiger partial charge in [0, 0.05) is 19.1 Å². The van der Waals surface area contributed by atoms with Crippen LogP contribution in [0.3, 0.4) is 0 Å². The Morgan fingerprint density at radius 1 is 1.33 bits per heavy atom. The van der Waals surface area contributed by atoms with E-state index in [0.29, 0.717) is 0 Å². The summed E-state index contributed by atoms with van der Waals surface area (Å²) in [5, 5.41) is 0. The topological polar surface area (TPSA) is 29.3 Å². The van der Waals surface area contributed by atoms with Gasteiger partial charge in [-0.2, -0.15) is 0 Å². The predicted molar refractivity (Wildman–Crippen MR) is 79.7 cm³/mol. The van der Waals surface area contributed by atoms with E-state index in [1.54, 1.807) is 0 Å². The van der Waals surface area contributed by atoms with Crippen LogP contribution in [0.1, 0.15) is 25.3 Å². The molecule has 18 heavy (non-hydrogen) atoms. The fourth-order valence-corrected chi connectivity index (χ4v) is 2.18. The van der Waals surface area contributed by atoms with Crippen molar-refractivity contribution in [3.8, 4) is 0 Å². The van der Waals surface area contributed by atoms with Crippen LogP contribution in [-0.2, 0) is 6.42 Å². The number of hydrogen-bond acceptors (Lipinski definition) is 2. The molecule has 1 unspecified atom stereocenters. The molecule has 0 saturated carbocycles. The van der Waals surface area contributed by atoms with Crippen molar-refractivity contribution in [2.75, 3.05) is 19.6 Å². The Hall–Kier alpha value is -1.12. The molecule has 0 aliphatic rings. The predicted octanol–water partition coefficient (Wildman–Crippen LogP) is 2.84. The van der Waals surface area contributed by atoms with Gasteiger partial charge < -0.3 is 5.73 Å². The van der Waals surface area contributed by atoms with Crippen LogP contribution in [0.15, 0.2) is 43.0 Å². The Morgan fingerprint density at radius 2 is 2.06 bits per heavy atom. The van der Waals surface area contributed by atoms with Gasteiger partial charge in [-0.3, -0.25) is 4.90 Å². The van der Waals surface area contributed by atoms with Crippen LogP contribution in [0.5, 0.6) is 0 Å². The van der Waals surface area contributed by atoms with E-state index in [9.17, 15) is 0 Å². The van der Waals surface area contributed by atoms with Crippen LogP contribution < -0.4 is 5.73 Å². The van der Waals surface area contributed by atoms with E-state index in [4.69, 9.17) is 5.73 Å². The van der Waals surface area contributed by atoms with Gasteiger partial charge in [-0.1, -0.05) is 43.3 Å². The second-order valence-corrected chi connectivity index (χ2v) is 4.83. The van der Waals surface area contributed by atoms with Crippen LogP contribution in [-0.4, -0.2) is 30.6 Å². The summed E-state index contributed by atoms with van der Waals surface area (Å²) in [5.41, 5.74) is 7.58. The molecule has 0 aliphatic heterocycles. The van der Waals surface area contributed by atoms with Crippen LogP contribution in [0.2, 0.25) is 0 Å². The Bertz CT molecular complexity index is 321. The third kappa shape index (κ3) is 5.99. The molecule has 2 heteroatoms. The molecule has 1 aromatic carbocycles. The van der Waals surface area contributed by atoms with Gasteiger partial charge >= 0.3 is 0 Å². The van der Waals surface area contributed by atoms with Gasteiger partial charge in [0.25, 0.3) is 0 Å². The van der Waals surface area contributed by atoms with Gasteiger partial charge in [0.1, 0.15) is 0 Å². The van der Waals surface area contributed by atoms with Crippen LogP contribution >= 0.6 is 0 Å². The quantitative estimate of drug-likeness (QED) is 0.679. The maximum atomic E-state index is 6.21. The highest BCUT2D eigenvalue weighted by atomic mass is 15.1. The number of rotatable bonds is 9. The van der Waals surface area contributed by atoms with E-state index < -0.39 is 0 Å². The molecule has 0 bridgehead atoms. The summed E-state index contributed by atoms with van der Waals surface area (Å²) in [6.07, 6.45) is 5.23. The molecule has 0 aromatic heterocycles. The third-order valence-corrected chi connectivity index (χ3v) is 3.07. The molecule has 0 heterocycles. The molecule has 0 amide bonds. The minimum atomic E-state index is 0.247. The van der Waals surface area contributed by atoms with Crippen molar-refractivity contribution in [3.05, 3.63) is 48.6 Å². The third-order valence-electron chi connectivity index (χ3n) is 3.07. The van der Waals surface area contributed by atoms with E-state index in [1.165, 1.54) is 12.0 Å². The lowest BCUT2D eigenvalue weighted by atomic mass is 10.1. The van der Waals surface area contributed by atoms with Crippen molar-refractivity contribution in [3.63, 3.8) is 0 Å². The molecule has 0 saturated heterocycles. The SMILES string of the molecule is C=CCN(CCC)CC(N)CCc1ccccc1. The molecule has 1 atom stereocenters. The van der Waals surface area contributed by atoms with Crippen molar-refractivity contribution in [1.29, 1.82) is 0 Å². The lowest BCUT2D eigenvalue weighted by Gasteiger charge is -2.23. The standard InChI is InChI=1S/C16H26N2/c1-3-12-18(13-4-2)14-16(17)11-10-15-8-6-5-7-9-15/h3,5-9,16H,1,4,10-14,17H2,2H3. The van der Waals surface area contributed by atoms with Gasteiger partial charge in [-0.05, 0) is 31.4 Å². The fraction of sp³-hybridized carbons (Fsp3) is 0.500. The van der Waals surface area contributed by atoms with Crippen molar-refractivity contribution < 1.29 is 0 Å². The average Bonchev–Trinajstić information content (AvgIpc) is 2.38. The number of benzene rings is 1. The minimum Gasteiger partial charge on any atom is -0.327 e. The van der Waals surface area contributed by atoms with E-state index in [1.807, 2.05) is 6.08 Å². The molecular formula is C16H26N2. The maximum absolute atomic E-state index is 6.21. The molecule has 0 fully saturated rings. The summed E-state index contributed by atoms with van der Waals surface area (Å²) < 4.78 is 0. The summed E-state index contributed by atoms with van der Waals surface area (Å²) in [6.45, 7) is 9.01. The first-order chi connectivity index (χ1) is 8.76. The van der Waals surface area contributed by atoms with Gasteiger partial charge in [0.05, 0.1) is 0 Å². The van der Waals surface area contributed by atoms with E-state index >= 15 is 0 Å². The van der Waals surface area contributed by atoms with Crippen molar-refractivity contribution in [2.24, 2.45) is 5.73 Å².